The third-order valence-corrected chi connectivity index (χ3v) is 2.55. The highest BCUT2D eigenvalue weighted by molar-refractivity contribution is 9.10. The van der Waals surface area contributed by atoms with Gasteiger partial charge in [0.05, 0.1) is 5.71 Å². The number of oxime groups is 1. The van der Waals surface area contributed by atoms with Crippen molar-refractivity contribution in [2.75, 3.05) is 0 Å². The molecule has 0 aliphatic heterocycles. The molecule has 16 heavy (non-hydrogen) atoms. The monoisotopic (exact) mass is 283 g/mol. The van der Waals surface area contributed by atoms with Crippen LogP contribution < -0.4 is 0 Å². The molecule has 4 heteroatoms. The lowest BCUT2D eigenvalue weighted by Gasteiger charge is -2.01. The van der Waals surface area contributed by atoms with Gasteiger partial charge in [-0.05, 0) is 37.5 Å². The van der Waals surface area contributed by atoms with E-state index in [1.54, 1.807) is 0 Å². The average molecular weight is 284 g/mol. The summed E-state index contributed by atoms with van der Waals surface area (Å²) in [6.45, 7) is 3.19. The highest BCUT2D eigenvalue weighted by atomic mass is 79.9. The lowest BCUT2D eigenvalue weighted by atomic mass is 10.1. The molecule has 1 aromatic carbocycles. The number of benzene rings is 1. The maximum absolute atomic E-state index is 10.5. The molecule has 1 aromatic rings. The quantitative estimate of drug-likeness (QED) is 0.483. The van der Waals surface area contributed by atoms with Gasteiger partial charge in [-0.25, -0.2) is 4.79 Å². The molecule has 86 valence electrons. The molecular weight excluding hydrogens is 270 g/mol. The third-order valence-electron chi connectivity index (χ3n) is 2.02. The highest BCUT2D eigenvalue weighted by Crippen LogP contribution is 2.12. The summed E-state index contributed by atoms with van der Waals surface area (Å²) in [6, 6.07) is 8.13. The van der Waals surface area contributed by atoms with E-state index >= 15 is 0 Å². The molecule has 0 saturated heterocycles. The minimum Gasteiger partial charge on any atom is -0.319 e. The molecule has 0 aliphatic carbocycles. The van der Waals surface area contributed by atoms with E-state index in [1.165, 1.54) is 12.5 Å². The Hall–Kier alpha value is -1.16. The van der Waals surface area contributed by atoms with Crippen LogP contribution in [0.25, 0.3) is 0 Å². The van der Waals surface area contributed by atoms with E-state index in [0.717, 1.165) is 23.0 Å². The number of hydrogen-bond acceptors (Lipinski definition) is 3. The van der Waals surface area contributed by atoms with Gasteiger partial charge in [-0.3, -0.25) is 0 Å². The second kappa shape index (κ2) is 6.43. The summed E-state index contributed by atoms with van der Waals surface area (Å²) in [5.41, 5.74) is 2.05. The van der Waals surface area contributed by atoms with E-state index < -0.39 is 0 Å². The maximum Gasteiger partial charge on any atom is 0.331 e. The molecule has 0 aromatic heterocycles. The SMILES string of the molecule is CC(=O)O/N=C(\C)CCc1ccc(Br)cc1. The smallest absolute Gasteiger partial charge is 0.319 e. The van der Waals surface area contributed by atoms with Crippen LogP contribution in [0.4, 0.5) is 0 Å². The van der Waals surface area contributed by atoms with Gasteiger partial charge in [0.25, 0.3) is 0 Å². The van der Waals surface area contributed by atoms with Crippen LogP contribution in [0.3, 0.4) is 0 Å². The molecular formula is C12H14BrNO2. The van der Waals surface area contributed by atoms with Gasteiger partial charge in [-0.1, -0.05) is 33.2 Å². The van der Waals surface area contributed by atoms with Crippen molar-refractivity contribution in [2.24, 2.45) is 5.16 Å². The summed E-state index contributed by atoms with van der Waals surface area (Å²) in [4.78, 5) is 15.1. The molecule has 0 N–H and O–H groups in total. The van der Waals surface area contributed by atoms with Crippen LogP contribution in [0.15, 0.2) is 33.9 Å². The summed E-state index contributed by atoms with van der Waals surface area (Å²) in [5.74, 6) is -0.386. The van der Waals surface area contributed by atoms with Gasteiger partial charge in [0.15, 0.2) is 0 Å². The van der Waals surface area contributed by atoms with Gasteiger partial charge in [0.1, 0.15) is 0 Å². The van der Waals surface area contributed by atoms with Gasteiger partial charge >= 0.3 is 5.97 Å². The Morgan fingerprint density at radius 3 is 2.50 bits per heavy atom. The minimum atomic E-state index is -0.386. The van der Waals surface area contributed by atoms with E-state index in [-0.39, 0.29) is 5.97 Å². The van der Waals surface area contributed by atoms with E-state index in [0.29, 0.717) is 0 Å². The van der Waals surface area contributed by atoms with Gasteiger partial charge in [-0.2, -0.15) is 0 Å². The molecule has 0 spiro atoms. The van der Waals surface area contributed by atoms with Crippen molar-refractivity contribution in [1.82, 2.24) is 0 Å². The predicted octanol–water partition coefficient (Wildman–Crippen LogP) is 3.32. The normalized spacial score (nSPS) is 11.3. The molecule has 0 unspecified atom stereocenters. The lowest BCUT2D eigenvalue weighted by molar-refractivity contribution is -0.140. The number of nitrogens with zero attached hydrogens (tertiary/aromatic N) is 1. The van der Waals surface area contributed by atoms with Crippen molar-refractivity contribution in [3.63, 3.8) is 0 Å². The summed E-state index contributed by atoms with van der Waals surface area (Å²) < 4.78 is 1.07. The molecule has 0 bridgehead atoms. The van der Waals surface area contributed by atoms with Crippen molar-refractivity contribution in [3.05, 3.63) is 34.3 Å². The summed E-state index contributed by atoms with van der Waals surface area (Å²) >= 11 is 3.39. The van der Waals surface area contributed by atoms with Crippen LogP contribution in [0.2, 0.25) is 0 Å². The number of carbonyl (C=O) groups excluding carboxylic acids is 1. The topological polar surface area (TPSA) is 38.7 Å². The number of carbonyl (C=O) groups is 1. The largest absolute Gasteiger partial charge is 0.331 e. The van der Waals surface area contributed by atoms with E-state index in [2.05, 4.69) is 38.1 Å². The predicted molar refractivity (Wildman–Crippen MR) is 67.3 cm³/mol. The van der Waals surface area contributed by atoms with Gasteiger partial charge in [-0.15, -0.1) is 0 Å². The zero-order valence-electron chi connectivity index (χ0n) is 9.37. The molecule has 3 nitrogen and oxygen atoms in total. The standard InChI is InChI=1S/C12H14BrNO2/c1-9(14-16-10(2)15)3-4-11-5-7-12(13)8-6-11/h5-8H,3-4H2,1-2H3/b14-9+. The van der Waals surface area contributed by atoms with E-state index in [9.17, 15) is 4.79 Å². The minimum absolute atomic E-state index is 0.386. The first kappa shape index (κ1) is 12.9. The first-order valence-corrected chi connectivity index (χ1v) is 5.82. The van der Waals surface area contributed by atoms with Crippen LogP contribution in [-0.4, -0.2) is 11.7 Å². The zero-order valence-corrected chi connectivity index (χ0v) is 11.0. The van der Waals surface area contributed by atoms with Crippen LogP contribution in [0.1, 0.15) is 25.8 Å². The average Bonchev–Trinajstić information content (AvgIpc) is 2.25. The van der Waals surface area contributed by atoms with Crippen molar-refractivity contribution >= 4 is 27.6 Å². The molecule has 0 heterocycles. The fraction of sp³-hybridized carbons (Fsp3) is 0.333. The second-order valence-electron chi connectivity index (χ2n) is 3.54. The number of aryl methyl sites for hydroxylation is 1. The summed E-state index contributed by atoms with van der Waals surface area (Å²) in [7, 11) is 0. The Morgan fingerprint density at radius 1 is 1.31 bits per heavy atom. The Morgan fingerprint density at radius 2 is 1.94 bits per heavy atom. The Bertz CT molecular complexity index is 385. The number of hydrogen-bond donors (Lipinski definition) is 0. The van der Waals surface area contributed by atoms with Crippen molar-refractivity contribution in [2.45, 2.75) is 26.7 Å². The second-order valence-corrected chi connectivity index (χ2v) is 4.45. The number of rotatable bonds is 4. The van der Waals surface area contributed by atoms with Gasteiger partial charge < -0.3 is 4.84 Å². The Labute approximate surface area is 104 Å². The van der Waals surface area contributed by atoms with Crippen LogP contribution in [0.5, 0.6) is 0 Å². The lowest BCUT2D eigenvalue weighted by Crippen LogP contribution is -1.99. The molecule has 0 atom stereocenters. The van der Waals surface area contributed by atoms with Crippen molar-refractivity contribution in [3.8, 4) is 0 Å². The van der Waals surface area contributed by atoms with Crippen molar-refractivity contribution in [1.29, 1.82) is 0 Å². The Kier molecular flexibility index (Phi) is 5.19. The molecule has 0 aliphatic rings. The zero-order chi connectivity index (χ0) is 12.0. The fourth-order valence-electron chi connectivity index (χ4n) is 1.16. The molecule has 1 rings (SSSR count). The molecule has 0 fully saturated rings. The van der Waals surface area contributed by atoms with Crippen LogP contribution >= 0.6 is 15.9 Å². The van der Waals surface area contributed by atoms with Gasteiger partial charge in [0, 0.05) is 11.4 Å². The molecule has 0 saturated carbocycles. The third kappa shape index (κ3) is 5.07. The molecule has 0 radical (unpaired) electrons. The van der Waals surface area contributed by atoms with Gasteiger partial charge in [0.2, 0.25) is 0 Å². The van der Waals surface area contributed by atoms with Crippen LogP contribution in [0, 0.1) is 0 Å². The first-order valence-electron chi connectivity index (χ1n) is 5.03. The maximum atomic E-state index is 10.5. The number of halogens is 1. The van der Waals surface area contributed by atoms with E-state index in [4.69, 9.17) is 0 Å². The first-order chi connectivity index (χ1) is 7.58. The summed E-state index contributed by atoms with van der Waals surface area (Å²) in [5, 5.41) is 3.71. The summed E-state index contributed by atoms with van der Waals surface area (Å²) in [6.07, 6.45) is 1.68. The fourth-order valence-corrected chi connectivity index (χ4v) is 1.43. The van der Waals surface area contributed by atoms with E-state index in [1.807, 2.05) is 19.1 Å². The van der Waals surface area contributed by atoms with Crippen LogP contribution in [-0.2, 0) is 16.1 Å². The highest BCUT2D eigenvalue weighted by Gasteiger charge is 1.97. The molecule has 0 amide bonds. The Balaban J connectivity index is 2.42. The van der Waals surface area contributed by atoms with Crippen molar-refractivity contribution < 1.29 is 9.63 Å².